The molecule has 0 spiro atoms. The molecule has 1 atom stereocenters. The average Bonchev–Trinajstić information content (AvgIpc) is 2.41. The molecule has 3 heteroatoms. The van der Waals surface area contributed by atoms with E-state index in [1.54, 1.807) is 0 Å². The first kappa shape index (κ1) is 13.5. The molecule has 100 valence electrons. The van der Waals surface area contributed by atoms with E-state index in [9.17, 15) is 8.78 Å². The number of halogens is 2. The van der Waals surface area contributed by atoms with E-state index in [0.717, 1.165) is 0 Å². The van der Waals surface area contributed by atoms with Gasteiger partial charge in [0.15, 0.2) is 0 Å². The van der Waals surface area contributed by atoms with Gasteiger partial charge in [-0.3, -0.25) is 0 Å². The molecule has 1 unspecified atom stereocenters. The van der Waals surface area contributed by atoms with Gasteiger partial charge >= 0.3 is 0 Å². The van der Waals surface area contributed by atoms with Crippen LogP contribution in [0.3, 0.4) is 0 Å². The van der Waals surface area contributed by atoms with Crippen LogP contribution in [0, 0.1) is 17.6 Å². The van der Waals surface area contributed by atoms with E-state index in [2.05, 4.69) is 5.32 Å². The Bertz CT molecular complexity index is 386. The highest BCUT2D eigenvalue weighted by Gasteiger charge is 2.23. The lowest BCUT2D eigenvalue weighted by molar-refractivity contribution is 0.275. The average molecular weight is 253 g/mol. The molecule has 1 nitrogen and oxygen atoms in total. The van der Waals surface area contributed by atoms with Crippen molar-refractivity contribution in [3.63, 3.8) is 0 Å². The second-order valence-electron chi connectivity index (χ2n) is 5.23. The van der Waals surface area contributed by atoms with Crippen molar-refractivity contribution in [2.45, 2.75) is 44.6 Å². The molecule has 2 rings (SSSR count). The number of benzene rings is 1. The molecule has 1 N–H and O–H groups in total. The van der Waals surface area contributed by atoms with E-state index in [4.69, 9.17) is 0 Å². The molecule has 1 aliphatic rings. The van der Waals surface area contributed by atoms with Gasteiger partial charge in [0.05, 0.1) is 0 Å². The van der Waals surface area contributed by atoms with Crippen molar-refractivity contribution in [1.82, 2.24) is 5.32 Å². The van der Waals surface area contributed by atoms with Crippen LogP contribution in [0.25, 0.3) is 0 Å². The van der Waals surface area contributed by atoms with Crippen LogP contribution in [-0.4, -0.2) is 13.1 Å². The van der Waals surface area contributed by atoms with Gasteiger partial charge in [0, 0.05) is 6.04 Å². The summed E-state index contributed by atoms with van der Waals surface area (Å²) in [5.41, 5.74) is 0.486. The number of likely N-dealkylation sites (N-methyl/N-ethyl adjacent to an activating group) is 1. The van der Waals surface area contributed by atoms with E-state index in [1.807, 2.05) is 7.05 Å². The van der Waals surface area contributed by atoms with Crippen LogP contribution in [0.2, 0.25) is 0 Å². The van der Waals surface area contributed by atoms with Crippen molar-refractivity contribution < 1.29 is 8.78 Å². The highest BCUT2D eigenvalue weighted by atomic mass is 19.1. The SMILES string of the molecule is CNC(Cc1cc(F)ccc1F)C1CCCCC1. The number of nitrogens with one attached hydrogen (secondary N) is 1. The van der Waals surface area contributed by atoms with Crippen molar-refractivity contribution in [3.05, 3.63) is 35.4 Å². The molecule has 0 aromatic heterocycles. The fraction of sp³-hybridized carbons (Fsp3) is 0.600. The Hall–Kier alpha value is -0.960. The number of hydrogen-bond donors (Lipinski definition) is 1. The first-order valence-corrected chi connectivity index (χ1v) is 6.82. The van der Waals surface area contributed by atoms with Crippen LogP contribution in [-0.2, 0) is 6.42 Å². The van der Waals surface area contributed by atoms with Gasteiger partial charge in [-0.05, 0) is 56.0 Å². The monoisotopic (exact) mass is 253 g/mol. The molecule has 1 aromatic carbocycles. The zero-order valence-corrected chi connectivity index (χ0v) is 10.9. The van der Waals surface area contributed by atoms with Gasteiger partial charge in [-0.15, -0.1) is 0 Å². The lowest BCUT2D eigenvalue weighted by Crippen LogP contribution is -2.36. The van der Waals surface area contributed by atoms with Gasteiger partial charge in [-0.2, -0.15) is 0 Å². The van der Waals surface area contributed by atoms with Crippen LogP contribution in [0.5, 0.6) is 0 Å². The Labute approximate surface area is 108 Å². The van der Waals surface area contributed by atoms with E-state index in [1.165, 1.54) is 50.3 Å². The minimum absolute atomic E-state index is 0.251. The van der Waals surface area contributed by atoms with E-state index in [0.29, 0.717) is 17.9 Å². The molecule has 0 radical (unpaired) electrons. The molecule has 0 saturated heterocycles. The molecular formula is C15H21F2N. The second-order valence-corrected chi connectivity index (χ2v) is 5.23. The van der Waals surface area contributed by atoms with Gasteiger partial charge in [-0.1, -0.05) is 19.3 Å². The largest absolute Gasteiger partial charge is 0.316 e. The third kappa shape index (κ3) is 3.29. The molecule has 1 aromatic rings. The number of rotatable bonds is 4. The lowest BCUT2D eigenvalue weighted by atomic mass is 9.81. The normalized spacial score (nSPS) is 18.8. The van der Waals surface area contributed by atoms with E-state index in [-0.39, 0.29) is 17.7 Å². The molecule has 0 aliphatic heterocycles. The Kier molecular flexibility index (Phi) is 4.70. The second kappa shape index (κ2) is 6.28. The standard InChI is InChI=1S/C15H21F2N/c1-18-15(11-5-3-2-4-6-11)10-12-9-13(16)7-8-14(12)17/h7-9,11,15,18H,2-6,10H2,1H3. The van der Waals surface area contributed by atoms with E-state index >= 15 is 0 Å². The summed E-state index contributed by atoms with van der Waals surface area (Å²) in [7, 11) is 1.91. The maximum absolute atomic E-state index is 13.6. The molecule has 1 saturated carbocycles. The van der Waals surface area contributed by atoms with Crippen molar-refractivity contribution in [3.8, 4) is 0 Å². The summed E-state index contributed by atoms with van der Waals surface area (Å²) in [5, 5.41) is 3.28. The molecule has 0 bridgehead atoms. The van der Waals surface area contributed by atoms with Gasteiger partial charge in [0.1, 0.15) is 11.6 Å². The van der Waals surface area contributed by atoms with Crippen LogP contribution >= 0.6 is 0 Å². The Morgan fingerprint density at radius 3 is 2.61 bits per heavy atom. The summed E-state index contributed by atoms with van der Waals surface area (Å²) in [4.78, 5) is 0. The summed E-state index contributed by atoms with van der Waals surface area (Å²) in [6.07, 6.45) is 6.79. The smallest absolute Gasteiger partial charge is 0.126 e. The van der Waals surface area contributed by atoms with Crippen LogP contribution in [0.15, 0.2) is 18.2 Å². The molecule has 0 amide bonds. The molecular weight excluding hydrogens is 232 g/mol. The predicted octanol–water partition coefficient (Wildman–Crippen LogP) is 3.68. The zero-order chi connectivity index (χ0) is 13.0. The Morgan fingerprint density at radius 1 is 1.22 bits per heavy atom. The van der Waals surface area contributed by atoms with Gasteiger partial charge in [-0.25, -0.2) is 8.78 Å². The Balaban J connectivity index is 2.06. The van der Waals surface area contributed by atoms with Crippen molar-refractivity contribution >= 4 is 0 Å². The lowest BCUT2D eigenvalue weighted by Gasteiger charge is -2.30. The van der Waals surface area contributed by atoms with Crippen LogP contribution < -0.4 is 5.32 Å². The van der Waals surface area contributed by atoms with E-state index < -0.39 is 0 Å². The van der Waals surface area contributed by atoms with Crippen molar-refractivity contribution in [2.75, 3.05) is 7.05 Å². The zero-order valence-electron chi connectivity index (χ0n) is 10.9. The summed E-state index contributed by atoms with van der Waals surface area (Å²) in [6, 6.07) is 3.97. The van der Waals surface area contributed by atoms with Crippen LogP contribution in [0.4, 0.5) is 8.78 Å². The van der Waals surface area contributed by atoms with Gasteiger partial charge in [0.2, 0.25) is 0 Å². The summed E-state index contributed by atoms with van der Waals surface area (Å²) in [6.45, 7) is 0. The van der Waals surface area contributed by atoms with Gasteiger partial charge in [0.25, 0.3) is 0 Å². The fourth-order valence-electron chi connectivity index (χ4n) is 2.98. The third-order valence-electron chi connectivity index (χ3n) is 4.04. The van der Waals surface area contributed by atoms with Crippen molar-refractivity contribution in [1.29, 1.82) is 0 Å². The molecule has 1 fully saturated rings. The molecule has 18 heavy (non-hydrogen) atoms. The summed E-state index contributed by atoms with van der Waals surface area (Å²) >= 11 is 0. The fourth-order valence-corrected chi connectivity index (χ4v) is 2.98. The number of hydrogen-bond acceptors (Lipinski definition) is 1. The molecule has 1 aliphatic carbocycles. The van der Waals surface area contributed by atoms with Crippen molar-refractivity contribution in [2.24, 2.45) is 5.92 Å². The Morgan fingerprint density at radius 2 is 1.94 bits per heavy atom. The maximum Gasteiger partial charge on any atom is 0.126 e. The molecule has 0 heterocycles. The highest BCUT2D eigenvalue weighted by molar-refractivity contribution is 5.20. The van der Waals surface area contributed by atoms with Gasteiger partial charge < -0.3 is 5.32 Å². The quantitative estimate of drug-likeness (QED) is 0.863. The topological polar surface area (TPSA) is 12.0 Å². The summed E-state index contributed by atoms with van der Waals surface area (Å²) < 4.78 is 26.8. The first-order valence-electron chi connectivity index (χ1n) is 6.82. The minimum Gasteiger partial charge on any atom is -0.316 e. The first-order chi connectivity index (χ1) is 8.70. The predicted molar refractivity (Wildman–Crippen MR) is 69.5 cm³/mol. The summed E-state index contributed by atoms with van der Waals surface area (Å²) in [5.74, 6) is -0.0659. The highest BCUT2D eigenvalue weighted by Crippen LogP contribution is 2.28. The third-order valence-corrected chi connectivity index (χ3v) is 4.04. The minimum atomic E-state index is -0.357. The van der Waals surface area contributed by atoms with Crippen LogP contribution in [0.1, 0.15) is 37.7 Å². The maximum atomic E-state index is 13.6.